The van der Waals surface area contributed by atoms with Crippen LogP contribution in [0.1, 0.15) is 0 Å². The van der Waals surface area contributed by atoms with E-state index < -0.39 is 187 Å². The molecule has 5 rings (SSSR count). The van der Waals surface area contributed by atoms with Crippen LogP contribution in [0.4, 0.5) is 0 Å². The lowest BCUT2D eigenvalue weighted by Crippen LogP contribution is -2.66. The Bertz CT molecular complexity index is 1220. The van der Waals surface area contributed by atoms with Gasteiger partial charge in [-0.1, -0.05) is 0 Å². The summed E-state index contributed by atoms with van der Waals surface area (Å²) in [7, 11) is 0. The summed E-state index contributed by atoms with van der Waals surface area (Å²) in [5.74, 6) is -2.70. The predicted octanol–water partition coefficient (Wildman–Crippen LogP) is -11.9. The Hall–Kier alpha value is -1.04. The summed E-state index contributed by atoms with van der Waals surface area (Å²) in [6, 6.07) is 0. The molecule has 0 unspecified atom stereocenters. The molecule has 328 valence electrons. The zero-order valence-corrected chi connectivity index (χ0v) is 29.3. The van der Waals surface area contributed by atoms with Gasteiger partial charge >= 0.3 is 0 Å². The highest BCUT2D eigenvalue weighted by molar-refractivity contribution is 5.01. The fourth-order valence-corrected chi connectivity index (χ4v) is 6.89. The molecular formula is C30H52O26. The van der Waals surface area contributed by atoms with E-state index in [0.29, 0.717) is 0 Å². The summed E-state index contributed by atoms with van der Waals surface area (Å²) in [5.41, 5.74) is 0. The number of ether oxygens (including phenoxy) is 9. The van der Waals surface area contributed by atoms with Crippen LogP contribution in [0.3, 0.4) is 0 Å². The van der Waals surface area contributed by atoms with E-state index in [1.807, 2.05) is 0 Å². The first kappa shape index (κ1) is 46.0. The van der Waals surface area contributed by atoms with Crippen LogP contribution in [0.25, 0.3) is 0 Å². The van der Waals surface area contributed by atoms with Gasteiger partial charge in [-0.15, -0.1) is 0 Å². The summed E-state index contributed by atoms with van der Waals surface area (Å²) in [5, 5.41) is 176. The Morgan fingerprint density at radius 2 is 0.804 bits per heavy atom. The van der Waals surface area contributed by atoms with E-state index in [0.717, 1.165) is 0 Å². The van der Waals surface area contributed by atoms with Crippen molar-refractivity contribution in [2.45, 2.75) is 147 Å². The van der Waals surface area contributed by atoms with Gasteiger partial charge in [-0.25, -0.2) is 0 Å². The zero-order chi connectivity index (χ0) is 41.4. The first-order valence-electron chi connectivity index (χ1n) is 17.6. The van der Waals surface area contributed by atoms with Gasteiger partial charge in [-0.2, -0.15) is 0 Å². The minimum atomic E-state index is -2.70. The maximum absolute atomic E-state index is 11.4. The van der Waals surface area contributed by atoms with E-state index in [2.05, 4.69) is 0 Å². The van der Waals surface area contributed by atoms with Gasteiger partial charge in [0.25, 0.3) is 0 Å². The lowest BCUT2D eigenvalue weighted by Gasteiger charge is -2.48. The van der Waals surface area contributed by atoms with E-state index in [4.69, 9.17) is 42.6 Å². The van der Waals surface area contributed by atoms with Gasteiger partial charge in [-0.05, 0) is 0 Å². The summed E-state index contributed by atoms with van der Waals surface area (Å²) >= 11 is 0. The minimum absolute atomic E-state index is 0.843. The van der Waals surface area contributed by atoms with E-state index >= 15 is 0 Å². The van der Waals surface area contributed by atoms with Gasteiger partial charge in [0.15, 0.2) is 25.2 Å². The summed E-state index contributed by atoms with van der Waals surface area (Å²) in [4.78, 5) is 0. The maximum Gasteiger partial charge on any atom is 0.224 e. The van der Waals surface area contributed by atoms with Gasteiger partial charge in [0.1, 0.15) is 123 Å². The van der Waals surface area contributed by atoms with Crippen LogP contribution >= 0.6 is 0 Å². The molecule has 0 aromatic heterocycles. The zero-order valence-electron chi connectivity index (χ0n) is 29.3. The molecule has 24 atom stereocenters. The molecule has 5 fully saturated rings. The largest absolute Gasteiger partial charge is 0.394 e. The lowest BCUT2D eigenvalue weighted by atomic mass is 9.96. The third-order valence-corrected chi connectivity index (χ3v) is 10.4. The number of hydrogen-bond donors (Lipinski definition) is 17. The van der Waals surface area contributed by atoms with Crippen LogP contribution in [-0.4, -0.2) is 273 Å². The normalized spacial score (nSPS) is 53.0. The fraction of sp³-hybridized carbons (Fsp3) is 1.00. The van der Waals surface area contributed by atoms with Crippen LogP contribution < -0.4 is 0 Å². The van der Waals surface area contributed by atoms with Crippen molar-refractivity contribution in [2.24, 2.45) is 0 Å². The van der Waals surface area contributed by atoms with Crippen molar-refractivity contribution in [3.05, 3.63) is 0 Å². The number of aliphatic hydroxyl groups is 17. The quantitative estimate of drug-likeness (QED) is 0.0773. The van der Waals surface area contributed by atoms with Crippen molar-refractivity contribution in [1.82, 2.24) is 0 Å². The monoisotopic (exact) mass is 828 g/mol. The second-order valence-corrected chi connectivity index (χ2v) is 14.1. The fourth-order valence-electron chi connectivity index (χ4n) is 6.89. The third-order valence-electron chi connectivity index (χ3n) is 10.4. The smallest absolute Gasteiger partial charge is 0.224 e. The number of aliphatic hydroxyl groups excluding tert-OH is 17. The predicted molar refractivity (Wildman–Crippen MR) is 167 cm³/mol. The first-order valence-corrected chi connectivity index (χ1v) is 17.6. The molecule has 0 aromatic rings. The molecule has 0 aliphatic carbocycles. The molecule has 0 amide bonds. The van der Waals surface area contributed by atoms with Gasteiger partial charge in [0.05, 0.1) is 33.0 Å². The molecule has 5 saturated heterocycles. The van der Waals surface area contributed by atoms with Crippen molar-refractivity contribution >= 4 is 0 Å². The summed E-state index contributed by atoms with van der Waals surface area (Å²) in [6.45, 7) is -5.49. The van der Waals surface area contributed by atoms with Crippen molar-refractivity contribution in [3.63, 3.8) is 0 Å². The van der Waals surface area contributed by atoms with Gasteiger partial charge in [0, 0.05) is 0 Å². The molecule has 5 aliphatic heterocycles. The van der Waals surface area contributed by atoms with E-state index in [9.17, 15) is 86.8 Å². The first-order chi connectivity index (χ1) is 26.4. The second-order valence-electron chi connectivity index (χ2n) is 14.1. The molecule has 0 spiro atoms. The molecule has 26 heteroatoms. The van der Waals surface area contributed by atoms with Gasteiger partial charge in [-0.3, -0.25) is 0 Å². The Labute approximate surface area is 316 Å². The SMILES string of the molecule is OC[C@H]1O[C@@H](OC[C@@]2(O[C@H]3O[C@H](CO[C@H]4O[C@H](CO)[C@H](O)[C@H](O)[C@H]4O)[C@@H](O[C@H]4O[C@H](CO)[C@H](O)[C@H](O)[C@H]4O)[C@H](O)[C@H]3O)O[C@H](CO)[C@@H](O)[C@@H]2O)[C@H](O)[C@@H](O)[C@H]1O. The average molecular weight is 829 g/mol. The molecule has 5 aliphatic rings. The minimum Gasteiger partial charge on any atom is -0.394 e. The van der Waals surface area contributed by atoms with Crippen LogP contribution in [0.5, 0.6) is 0 Å². The van der Waals surface area contributed by atoms with Crippen LogP contribution in [0, 0.1) is 0 Å². The Morgan fingerprint density at radius 3 is 1.27 bits per heavy atom. The molecule has 5 heterocycles. The highest BCUT2D eigenvalue weighted by Gasteiger charge is 2.60. The van der Waals surface area contributed by atoms with Crippen molar-refractivity contribution in [3.8, 4) is 0 Å². The highest BCUT2D eigenvalue weighted by Crippen LogP contribution is 2.39. The van der Waals surface area contributed by atoms with Crippen LogP contribution in [0.2, 0.25) is 0 Å². The molecule has 26 nitrogen and oxygen atoms in total. The molecule has 17 N–H and O–H groups in total. The van der Waals surface area contributed by atoms with Crippen molar-refractivity contribution < 1.29 is 129 Å². The maximum atomic E-state index is 11.4. The second kappa shape index (κ2) is 19.1. The van der Waals surface area contributed by atoms with Gasteiger partial charge < -0.3 is 129 Å². The molecule has 0 radical (unpaired) electrons. The Kier molecular flexibility index (Phi) is 15.7. The Morgan fingerprint density at radius 1 is 0.393 bits per heavy atom. The molecule has 0 saturated carbocycles. The molecule has 0 aromatic carbocycles. The van der Waals surface area contributed by atoms with E-state index in [-0.39, 0.29) is 0 Å². The van der Waals surface area contributed by atoms with Crippen molar-refractivity contribution in [1.29, 1.82) is 0 Å². The summed E-state index contributed by atoms with van der Waals surface area (Å²) < 4.78 is 50.0. The number of rotatable bonds is 14. The van der Waals surface area contributed by atoms with E-state index in [1.54, 1.807) is 0 Å². The highest BCUT2D eigenvalue weighted by atomic mass is 16.8. The molecule has 0 bridgehead atoms. The standard InChI is InChI=1S/C30H52O26/c31-1-7-12(35)16(39)20(43)26(50-7)48-5-11-24(54-28-22(45)18(41)14(37)9(3-33)52-28)19(42)23(46)29(53-11)56-30(25(47)15(38)10(4-34)55-30)6-49-27-21(44)17(40)13(36)8(2-32)51-27/h7-29,31-47H,1-6H2/t7-,8-,9-,10-,11-,12+,13+,14+,15-,16+,17+,18+,19-,20-,21-,22-,23-,24-,25+,26+,27-,28-,29-,30+/m1/s1. The lowest BCUT2D eigenvalue weighted by molar-refractivity contribution is -0.410. The third kappa shape index (κ3) is 9.01. The summed E-state index contributed by atoms with van der Waals surface area (Å²) in [6.07, 6.45) is -43.3. The van der Waals surface area contributed by atoms with Gasteiger partial charge in [0.2, 0.25) is 5.79 Å². The molecular weight excluding hydrogens is 776 g/mol. The Balaban J connectivity index is 1.42. The van der Waals surface area contributed by atoms with Crippen molar-refractivity contribution in [2.75, 3.05) is 39.6 Å². The molecule has 56 heavy (non-hydrogen) atoms. The van der Waals surface area contributed by atoms with Crippen LogP contribution in [0.15, 0.2) is 0 Å². The average Bonchev–Trinajstić information content (AvgIpc) is 3.43. The van der Waals surface area contributed by atoms with E-state index in [1.165, 1.54) is 0 Å². The number of hydrogen-bond acceptors (Lipinski definition) is 26. The topological polar surface area (TPSA) is 427 Å². The van der Waals surface area contributed by atoms with Crippen LogP contribution in [-0.2, 0) is 42.6 Å².